The highest BCUT2D eigenvalue weighted by molar-refractivity contribution is 6.36. The van der Waals surface area contributed by atoms with E-state index in [9.17, 15) is 14.4 Å². The zero-order valence-corrected chi connectivity index (χ0v) is 13.1. The Morgan fingerprint density at radius 3 is 2.30 bits per heavy atom. The van der Waals surface area contributed by atoms with E-state index in [4.69, 9.17) is 23.2 Å². The van der Waals surface area contributed by atoms with Gasteiger partial charge >= 0.3 is 6.03 Å². The molecule has 5 nitrogen and oxygen atoms in total. The third-order valence-electron chi connectivity index (χ3n) is 2.80. The Morgan fingerprint density at radius 1 is 1.00 bits per heavy atom. The molecule has 2 N–H and O–H groups in total. The molecule has 0 atom stereocenters. The van der Waals surface area contributed by atoms with E-state index in [2.05, 4.69) is 10.6 Å². The van der Waals surface area contributed by atoms with Gasteiger partial charge in [-0.05, 0) is 42.5 Å². The van der Waals surface area contributed by atoms with E-state index in [1.165, 1.54) is 36.3 Å². The quantitative estimate of drug-likeness (QED) is 0.493. The number of carbonyl (C=O) groups is 2. The topological polar surface area (TPSA) is 75.3 Å². The number of hydrogen-bond donors (Lipinski definition) is 2. The number of anilines is 2. The molecule has 0 spiro atoms. The molecule has 0 aliphatic carbocycles. The monoisotopic (exact) mass is 348 g/mol. The maximum absolute atomic E-state index is 11.9. The van der Waals surface area contributed by atoms with Crippen molar-refractivity contribution < 1.29 is 14.4 Å². The molecule has 23 heavy (non-hydrogen) atoms. The normalized spacial score (nSPS) is 9.65. The Hall–Kier alpha value is -2.59. The minimum Gasteiger partial charge on any atom is -0.308 e. The summed E-state index contributed by atoms with van der Waals surface area (Å²) in [5, 5.41) is 5.95. The zero-order chi connectivity index (χ0) is 16.8. The Bertz CT molecular complexity index is 797. The summed E-state index contributed by atoms with van der Waals surface area (Å²) < 4.78 is 0. The molecule has 0 aliphatic heterocycles. The van der Waals surface area contributed by atoms with Crippen LogP contribution in [0, 0.1) is 0 Å². The molecular formula is C16H10Cl2N2O3. The van der Waals surface area contributed by atoms with Crippen LogP contribution >= 0.6 is 23.2 Å². The van der Waals surface area contributed by atoms with Gasteiger partial charge in [-0.15, -0.1) is 0 Å². The van der Waals surface area contributed by atoms with Gasteiger partial charge < -0.3 is 10.6 Å². The molecule has 0 fully saturated rings. The lowest BCUT2D eigenvalue weighted by Crippen LogP contribution is -2.19. The number of rotatable bonds is 4. The number of allylic oxidation sites excluding steroid dienone is 1. The van der Waals surface area contributed by atoms with E-state index in [0.29, 0.717) is 27.0 Å². The van der Waals surface area contributed by atoms with E-state index in [-0.39, 0.29) is 0 Å². The maximum atomic E-state index is 11.9. The van der Waals surface area contributed by atoms with Gasteiger partial charge in [0.1, 0.15) is 5.94 Å². The lowest BCUT2D eigenvalue weighted by atomic mass is 10.1. The van der Waals surface area contributed by atoms with Crippen molar-refractivity contribution in [2.45, 2.75) is 0 Å². The van der Waals surface area contributed by atoms with E-state index in [0.717, 1.165) is 6.08 Å². The highest BCUT2D eigenvalue weighted by Crippen LogP contribution is 2.25. The molecule has 0 aromatic heterocycles. The summed E-state index contributed by atoms with van der Waals surface area (Å²) >= 11 is 11.7. The van der Waals surface area contributed by atoms with E-state index < -0.39 is 11.8 Å². The van der Waals surface area contributed by atoms with Crippen LogP contribution in [0.4, 0.5) is 16.2 Å². The second-order valence-corrected chi connectivity index (χ2v) is 5.25. The van der Waals surface area contributed by atoms with E-state index >= 15 is 0 Å². The molecule has 0 aliphatic rings. The molecule has 2 amide bonds. The van der Waals surface area contributed by atoms with Crippen LogP contribution < -0.4 is 10.6 Å². The second-order valence-electron chi connectivity index (χ2n) is 4.41. The molecule has 2 aromatic carbocycles. The molecule has 0 saturated heterocycles. The standard InChI is InChI=1S/C16H10Cl2N2O3/c17-11-3-6-14(13(18)9-11)20-16(23)19-12-4-1-10(2-5-12)15(22)7-8-21/h1-7,9H,(H2,19,20,23). The summed E-state index contributed by atoms with van der Waals surface area (Å²) in [5.41, 5.74) is 1.20. The van der Waals surface area contributed by atoms with Crippen molar-refractivity contribution >= 4 is 52.3 Å². The molecule has 7 heteroatoms. The highest BCUT2D eigenvalue weighted by Gasteiger charge is 2.07. The molecule has 0 radical (unpaired) electrons. The largest absolute Gasteiger partial charge is 0.323 e. The van der Waals surface area contributed by atoms with Crippen molar-refractivity contribution in [1.29, 1.82) is 0 Å². The molecule has 116 valence electrons. The van der Waals surface area contributed by atoms with Gasteiger partial charge in [0.05, 0.1) is 16.8 Å². The second kappa shape index (κ2) is 7.61. The highest BCUT2D eigenvalue weighted by atomic mass is 35.5. The Kier molecular flexibility index (Phi) is 5.55. The summed E-state index contributed by atoms with van der Waals surface area (Å²) in [6, 6.07) is 10.2. The van der Waals surface area contributed by atoms with Gasteiger partial charge in [-0.1, -0.05) is 23.2 Å². The third kappa shape index (κ3) is 4.69. The van der Waals surface area contributed by atoms with Crippen LogP contribution in [0.2, 0.25) is 10.0 Å². The Balaban J connectivity index is 2.02. The lowest BCUT2D eigenvalue weighted by molar-refractivity contribution is 0.104. The number of carbonyl (C=O) groups excluding carboxylic acids is 3. The average Bonchev–Trinajstić information content (AvgIpc) is 2.51. The molecule has 2 rings (SSSR count). The fraction of sp³-hybridized carbons (Fsp3) is 0. The molecule has 0 saturated carbocycles. The first-order valence-corrected chi connectivity index (χ1v) is 7.13. The molecule has 2 aromatic rings. The van der Waals surface area contributed by atoms with Crippen molar-refractivity contribution in [3.63, 3.8) is 0 Å². The van der Waals surface area contributed by atoms with Crippen molar-refractivity contribution in [1.82, 2.24) is 0 Å². The Labute approximate surface area is 141 Å². The third-order valence-corrected chi connectivity index (χ3v) is 3.34. The fourth-order valence-electron chi connectivity index (χ4n) is 1.73. The van der Waals surface area contributed by atoms with Crippen LogP contribution in [0.5, 0.6) is 0 Å². The predicted molar refractivity (Wildman–Crippen MR) is 90.1 cm³/mol. The van der Waals surface area contributed by atoms with Crippen molar-refractivity contribution in [3.05, 3.63) is 64.1 Å². The lowest BCUT2D eigenvalue weighted by Gasteiger charge is -2.09. The Morgan fingerprint density at radius 2 is 1.70 bits per heavy atom. The summed E-state index contributed by atoms with van der Waals surface area (Å²) in [7, 11) is 0. The minimum absolute atomic E-state index is 0.314. The first-order chi connectivity index (χ1) is 11.0. The number of amides is 2. The van der Waals surface area contributed by atoms with Crippen LogP contribution in [0.25, 0.3) is 0 Å². The van der Waals surface area contributed by atoms with Gasteiger partial charge in [-0.2, -0.15) is 0 Å². The van der Waals surface area contributed by atoms with Crippen LogP contribution in [0.15, 0.2) is 48.5 Å². The average molecular weight is 349 g/mol. The van der Waals surface area contributed by atoms with Gasteiger partial charge in [0, 0.05) is 16.3 Å². The van der Waals surface area contributed by atoms with E-state index in [1.54, 1.807) is 12.1 Å². The van der Waals surface area contributed by atoms with Crippen LogP contribution in [-0.2, 0) is 4.79 Å². The van der Waals surface area contributed by atoms with Gasteiger partial charge in [-0.3, -0.25) is 4.79 Å². The first-order valence-electron chi connectivity index (χ1n) is 6.38. The molecule has 0 unspecified atom stereocenters. The summed E-state index contributed by atoms with van der Waals surface area (Å²) in [4.78, 5) is 33.5. The number of nitrogens with one attached hydrogen (secondary N) is 2. The smallest absolute Gasteiger partial charge is 0.308 e. The summed E-state index contributed by atoms with van der Waals surface area (Å²) in [5.74, 6) is 0.968. The van der Waals surface area contributed by atoms with Crippen molar-refractivity contribution in [3.8, 4) is 0 Å². The predicted octanol–water partition coefficient (Wildman–Crippen LogP) is 4.21. The number of benzene rings is 2. The molecule has 0 heterocycles. The number of halogens is 2. The zero-order valence-electron chi connectivity index (χ0n) is 11.6. The van der Waals surface area contributed by atoms with Crippen LogP contribution in [0.1, 0.15) is 10.4 Å². The van der Waals surface area contributed by atoms with Crippen LogP contribution in [-0.4, -0.2) is 17.8 Å². The van der Waals surface area contributed by atoms with Gasteiger partial charge in [0.25, 0.3) is 0 Å². The SMILES string of the molecule is O=C=CC(=O)c1ccc(NC(=O)Nc2ccc(Cl)cc2Cl)cc1. The van der Waals surface area contributed by atoms with Gasteiger partial charge in [-0.25, -0.2) is 9.59 Å². The number of ketones is 1. The summed E-state index contributed by atoms with van der Waals surface area (Å²) in [6.45, 7) is 0. The van der Waals surface area contributed by atoms with Crippen molar-refractivity contribution in [2.75, 3.05) is 10.6 Å². The van der Waals surface area contributed by atoms with Gasteiger partial charge in [0.2, 0.25) is 0 Å². The first kappa shape index (κ1) is 16.8. The number of urea groups is 1. The van der Waals surface area contributed by atoms with Crippen LogP contribution in [0.3, 0.4) is 0 Å². The maximum Gasteiger partial charge on any atom is 0.323 e. The van der Waals surface area contributed by atoms with E-state index in [1.807, 2.05) is 0 Å². The fourth-order valence-corrected chi connectivity index (χ4v) is 2.19. The molecular weight excluding hydrogens is 339 g/mol. The van der Waals surface area contributed by atoms with Gasteiger partial charge in [0.15, 0.2) is 5.78 Å². The summed E-state index contributed by atoms with van der Waals surface area (Å²) in [6.07, 6.45) is 0.803. The minimum atomic E-state index is -0.499. The molecule has 0 bridgehead atoms. The van der Waals surface area contributed by atoms with Crippen molar-refractivity contribution in [2.24, 2.45) is 0 Å². The number of hydrogen-bond acceptors (Lipinski definition) is 3.